The Kier molecular flexibility index (Phi) is 4.56. The lowest BCUT2D eigenvalue weighted by Gasteiger charge is -2.62. The molecule has 2 saturated heterocycles. The summed E-state index contributed by atoms with van der Waals surface area (Å²) in [6.45, 7) is 11.1. The maximum atomic E-state index is 13.4. The molecule has 5 aliphatic rings. The number of esters is 1. The zero-order valence-electron chi connectivity index (χ0n) is 18.3. The SMILES string of the molecule is C=C1C(=O)[C@]23C[C@H]1CC[C@H]2[C@@]12C(O)O[C@@H](OCCCC)[C@@H]1C(C)(C)CC[C@@H]2OC3=O. The average Bonchev–Trinajstić information content (AvgIpc) is 3.10. The van der Waals surface area contributed by atoms with Crippen molar-refractivity contribution in [2.45, 2.75) is 84.4 Å². The lowest BCUT2D eigenvalue weighted by Crippen LogP contribution is -2.70. The van der Waals surface area contributed by atoms with Crippen molar-refractivity contribution < 1.29 is 28.9 Å². The predicted octanol–water partition coefficient (Wildman–Crippen LogP) is 3.37. The zero-order valence-corrected chi connectivity index (χ0v) is 18.3. The van der Waals surface area contributed by atoms with E-state index < -0.39 is 35.5 Å². The van der Waals surface area contributed by atoms with Crippen LogP contribution in [0.4, 0.5) is 0 Å². The number of rotatable bonds is 4. The van der Waals surface area contributed by atoms with Gasteiger partial charge < -0.3 is 19.3 Å². The molecule has 3 saturated carbocycles. The minimum Gasteiger partial charge on any atom is -0.461 e. The van der Waals surface area contributed by atoms with E-state index in [0.717, 1.165) is 25.7 Å². The molecule has 2 aliphatic heterocycles. The van der Waals surface area contributed by atoms with Crippen LogP contribution < -0.4 is 0 Å². The number of hydrogen-bond donors (Lipinski definition) is 1. The van der Waals surface area contributed by atoms with Gasteiger partial charge in [-0.25, -0.2) is 0 Å². The summed E-state index contributed by atoms with van der Waals surface area (Å²) in [6.07, 6.45) is 3.31. The van der Waals surface area contributed by atoms with Gasteiger partial charge in [-0.15, -0.1) is 0 Å². The van der Waals surface area contributed by atoms with Crippen molar-refractivity contribution in [1.82, 2.24) is 0 Å². The number of ketones is 1. The minimum atomic E-state index is -1.22. The molecule has 0 aromatic heterocycles. The Morgan fingerprint density at radius 1 is 1.23 bits per heavy atom. The summed E-state index contributed by atoms with van der Waals surface area (Å²) < 4.78 is 18.3. The third-order valence-corrected chi connectivity index (χ3v) is 9.11. The minimum absolute atomic E-state index is 0.0420. The number of ether oxygens (including phenoxy) is 3. The zero-order chi connectivity index (χ0) is 21.5. The number of unbranched alkanes of at least 4 members (excludes halogenated alkanes) is 1. The van der Waals surface area contributed by atoms with Crippen LogP contribution >= 0.6 is 0 Å². The van der Waals surface area contributed by atoms with Crippen LogP contribution in [-0.4, -0.2) is 42.1 Å². The van der Waals surface area contributed by atoms with E-state index in [0.29, 0.717) is 31.4 Å². The van der Waals surface area contributed by atoms with E-state index in [-0.39, 0.29) is 29.0 Å². The van der Waals surface area contributed by atoms with Gasteiger partial charge in [-0.3, -0.25) is 9.59 Å². The maximum Gasteiger partial charge on any atom is 0.320 e. The number of allylic oxidation sites excluding steroid dienone is 1. The highest BCUT2D eigenvalue weighted by atomic mass is 16.7. The Bertz CT molecular complexity index is 789. The van der Waals surface area contributed by atoms with Crippen molar-refractivity contribution >= 4 is 11.8 Å². The summed E-state index contributed by atoms with van der Waals surface area (Å²) in [7, 11) is 0. The molecule has 1 unspecified atom stereocenters. The van der Waals surface area contributed by atoms with Crippen molar-refractivity contribution in [2.24, 2.45) is 34.0 Å². The van der Waals surface area contributed by atoms with E-state index >= 15 is 0 Å². The Morgan fingerprint density at radius 2 is 2.00 bits per heavy atom. The molecule has 6 heteroatoms. The molecule has 2 heterocycles. The maximum absolute atomic E-state index is 13.4. The van der Waals surface area contributed by atoms with Crippen molar-refractivity contribution in [2.75, 3.05) is 6.61 Å². The third kappa shape index (κ3) is 2.31. The van der Waals surface area contributed by atoms with Crippen molar-refractivity contribution in [3.63, 3.8) is 0 Å². The molecule has 2 spiro atoms. The fourth-order valence-corrected chi connectivity index (χ4v) is 7.78. The van der Waals surface area contributed by atoms with Crippen LogP contribution in [0.25, 0.3) is 0 Å². The number of carbonyl (C=O) groups is 2. The first-order valence-corrected chi connectivity index (χ1v) is 11.6. The first-order valence-electron chi connectivity index (χ1n) is 11.6. The van der Waals surface area contributed by atoms with Crippen LogP contribution in [0.3, 0.4) is 0 Å². The summed E-state index contributed by atoms with van der Waals surface area (Å²) in [5.41, 5.74) is -1.66. The van der Waals surface area contributed by atoms with Gasteiger partial charge in [-0.2, -0.15) is 0 Å². The molecule has 0 amide bonds. The number of carbonyl (C=O) groups excluding carboxylic acids is 2. The monoisotopic (exact) mass is 418 g/mol. The van der Waals surface area contributed by atoms with E-state index in [9.17, 15) is 14.7 Å². The van der Waals surface area contributed by atoms with E-state index in [1.165, 1.54) is 0 Å². The fraction of sp³-hybridized carbons (Fsp3) is 0.833. The normalized spacial score (nSPS) is 48.7. The molecule has 0 radical (unpaired) electrons. The summed E-state index contributed by atoms with van der Waals surface area (Å²) >= 11 is 0. The molecular weight excluding hydrogens is 384 g/mol. The summed E-state index contributed by atoms with van der Waals surface area (Å²) in [5, 5.41) is 11.4. The van der Waals surface area contributed by atoms with Crippen molar-refractivity contribution in [3.05, 3.63) is 12.2 Å². The molecule has 0 aromatic rings. The molecule has 1 N–H and O–H groups in total. The lowest BCUT2D eigenvalue weighted by molar-refractivity contribution is -0.268. The van der Waals surface area contributed by atoms with Gasteiger partial charge in [0.1, 0.15) is 11.5 Å². The van der Waals surface area contributed by atoms with Gasteiger partial charge in [0.15, 0.2) is 18.4 Å². The Labute approximate surface area is 178 Å². The standard InChI is InChI=1S/C24H34O6/c1-5-6-11-28-19-17-22(3,4)10-9-16-24(17,21(27)30-19)15-8-7-14-12-23(15,20(26)29-16)18(25)13(14)2/h14-17,19,21,27H,2,5-12H2,1,3-4H3/t14-,15-,16+,17-,19-,21?,23+,24+/m1/s1. The second kappa shape index (κ2) is 6.63. The molecule has 6 nitrogen and oxygen atoms in total. The Morgan fingerprint density at radius 3 is 2.73 bits per heavy atom. The van der Waals surface area contributed by atoms with Gasteiger partial charge in [0.05, 0.1) is 5.41 Å². The summed E-state index contributed by atoms with van der Waals surface area (Å²) in [4.78, 5) is 26.7. The van der Waals surface area contributed by atoms with Gasteiger partial charge in [0.25, 0.3) is 0 Å². The van der Waals surface area contributed by atoms with Crippen LogP contribution in [0.2, 0.25) is 0 Å². The molecule has 8 atom stereocenters. The highest BCUT2D eigenvalue weighted by molar-refractivity contribution is 6.15. The Balaban J connectivity index is 1.64. The van der Waals surface area contributed by atoms with E-state index in [1.54, 1.807) is 0 Å². The summed E-state index contributed by atoms with van der Waals surface area (Å²) in [6, 6.07) is 0. The summed E-state index contributed by atoms with van der Waals surface area (Å²) in [5.74, 6) is -0.988. The first kappa shape index (κ1) is 20.7. The van der Waals surface area contributed by atoms with Crippen molar-refractivity contribution in [3.8, 4) is 0 Å². The molecule has 5 fully saturated rings. The largest absolute Gasteiger partial charge is 0.461 e. The van der Waals surface area contributed by atoms with Crippen LogP contribution in [0.1, 0.15) is 65.7 Å². The van der Waals surface area contributed by atoms with E-state index in [2.05, 4.69) is 27.4 Å². The van der Waals surface area contributed by atoms with Crippen LogP contribution in [0, 0.1) is 34.0 Å². The number of Topliss-reactive ketones (excluding diaryl/α,β-unsaturated/α-hetero) is 1. The number of aliphatic hydroxyl groups is 1. The van der Waals surface area contributed by atoms with Crippen LogP contribution in [0.15, 0.2) is 12.2 Å². The lowest BCUT2D eigenvalue weighted by atomic mass is 9.43. The Hall–Kier alpha value is -1.24. The molecule has 30 heavy (non-hydrogen) atoms. The van der Waals surface area contributed by atoms with Crippen molar-refractivity contribution in [1.29, 1.82) is 0 Å². The van der Waals surface area contributed by atoms with Gasteiger partial charge in [0, 0.05) is 12.5 Å². The van der Waals surface area contributed by atoms with Gasteiger partial charge in [-0.05, 0) is 61.3 Å². The highest BCUT2D eigenvalue weighted by Gasteiger charge is 2.80. The van der Waals surface area contributed by atoms with Crippen LogP contribution in [0.5, 0.6) is 0 Å². The number of hydrogen-bond acceptors (Lipinski definition) is 6. The molecule has 166 valence electrons. The predicted molar refractivity (Wildman–Crippen MR) is 108 cm³/mol. The van der Waals surface area contributed by atoms with E-state index in [4.69, 9.17) is 14.2 Å². The molecule has 2 bridgehead atoms. The second-order valence-electron chi connectivity index (χ2n) is 10.8. The molecule has 5 rings (SSSR count). The quantitative estimate of drug-likeness (QED) is 0.326. The third-order valence-electron chi connectivity index (χ3n) is 9.11. The second-order valence-corrected chi connectivity index (χ2v) is 10.8. The highest BCUT2D eigenvalue weighted by Crippen LogP contribution is 2.72. The average molecular weight is 419 g/mol. The van der Waals surface area contributed by atoms with Gasteiger partial charge in [-0.1, -0.05) is 33.8 Å². The van der Waals surface area contributed by atoms with Gasteiger partial charge >= 0.3 is 5.97 Å². The number of aliphatic hydroxyl groups excluding tert-OH is 1. The fourth-order valence-electron chi connectivity index (χ4n) is 7.78. The molecule has 3 aliphatic carbocycles. The molecule has 0 aromatic carbocycles. The van der Waals surface area contributed by atoms with E-state index in [1.807, 2.05) is 0 Å². The smallest absolute Gasteiger partial charge is 0.320 e. The number of fused-ring (bicyclic) bond motifs is 1. The van der Waals surface area contributed by atoms with Gasteiger partial charge in [0.2, 0.25) is 0 Å². The van der Waals surface area contributed by atoms with Crippen LogP contribution in [-0.2, 0) is 23.8 Å². The molecular formula is C24H34O6. The first-order chi connectivity index (χ1) is 14.2. The topological polar surface area (TPSA) is 82.1 Å².